The number of halogens is 1. The van der Waals surface area contributed by atoms with Crippen LogP contribution in [0.15, 0.2) is 36.4 Å². The fourth-order valence-corrected chi connectivity index (χ4v) is 2.67. The zero-order valence-corrected chi connectivity index (χ0v) is 12.6. The van der Waals surface area contributed by atoms with E-state index in [2.05, 4.69) is 38.1 Å². The molecule has 0 amide bonds. The van der Waals surface area contributed by atoms with E-state index in [1.165, 1.54) is 11.1 Å². The first kappa shape index (κ1) is 14.0. The lowest BCUT2D eigenvalue weighted by Gasteiger charge is -2.14. The van der Waals surface area contributed by atoms with Crippen LogP contribution in [0.4, 0.5) is 0 Å². The summed E-state index contributed by atoms with van der Waals surface area (Å²) >= 11 is 6.60. The highest BCUT2D eigenvalue weighted by Crippen LogP contribution is 2.32. The number of rotatable bonds is 3. The average molecular weight is 275 g/mol. The molecule has 1 unspecified atom stereocenters. The van der Waals surface area contributed by atoms with Gasteiger partial charge in [0.2, 0.25) is 0 Å². The molecule has 0 aliphatic carbocycles. The van der Waals surface area contributed by atoms with Crippen molar-refractivity contribution in [3.63, 3.8) is 0 Å². The molecule has 2 rings (SSSR count). The summed E-state index contributed by atoms with van der Waals surface area (Å²) in [5.74, 6) is 0.896. The lowest BCUT2D eigenvalue weighted by Crippen LogP contribution is -1.97. The summed E-state index contributed by atoms with van der Waals surface area (Å²) in [6.45, 7) is 6.23. The minimum Gasteiger partial charge on any atom is -0.496 e. The van der Waals surface area contributed by atoms with Gasteiger partial charge in [0.25, 0.3) is 0 Å². The van der Waals surface area contributed by atoms with Crippen LogP contribution in [0, 0.1) is 20.8 Å². The lowest BCUT2D eigenvalue weighted by atomic mass is 9.99. The predicted molar refractivity (Wildman–Crippen MR) is 81.3 cm³/mol. The number of aryl methyl sites for hydroxylation is 3. The number of hydrogen-bond donors (Lipinski definition) is 0. The average Bonchev–Trinajstić information content (AvgIpc) is 2.36. The van der Waals surface area contributed by atoms with Crippen molar-refractivity contribution >= 4 is 11.6 Å². The number of methoxy groups -OCH3 is 1. The first-order valence-corrected chi connectivity index (χ1v) is 6.81. The summed E-state index contributed by atoms with van der Waals surface area (Å²) in [6.07, 6.45) is 0. The van der Waals surface area contributed by atoms with E-state index in [0.29, 0.717) is 0 Å². The normalized spacial score (nSPS) is 12.3. The monoisotopic (exact) mass is 274 g/mol. The Morgan fingerprint density at radius 2 is 1.53 bits per heavy atom. The third-order valence-corrected chi connectivity index (χ3v) is 3.75. The molecule has 2 aromatic carbocycles. The zero-order valence-electron chi connectivity index (χ0n) is 11.8. The van der Waals surface area contributed by atoms with Crippen molar-refractivity contribution in [3.05, 3.63) is 64.2 Å². The van der Waals surface area contributed by atoms with Gasteiger partial charge >= 0.3 is 0 Å². The number of hydrogen-bond acceptors (Lipinski definition) is 1. The van der Waals surface area contributed by atoms with E-state index in [9.17, 15) is 0 Å². The van der Waals surface area contributed by atoms with E-state index < -0.39 is 0 Å². The first-order chi connectivity index (χ1) is 9.01. The molecule has 0 saturated carbocycles. The second kappa shape index (κ2) is 5.66. The smallest absolute Gasteiger partial charge is 0.121 e. The molecule has 19 heavy (non-hydrogen) atoms. The predicted octanol–water partition coefficient (Wildman–Crippen LogP) is 4.95. The van der Waals surface area contributed by atoms with E-state index >= 15 is 0 Å². The van der Waals surface area contributed by atoms with Crippen LogP contribution >= 0.6 is 11.6 Å². The molecule has 100 valence electrons. The van der Waals surface area contributed by atoms with Crippen molar-refractivity contribution < 1.29 is 4.74 Å². The van der Waals surface area contributed by atoms with Gasteiger partial charge in [0.15, 0.2) is 0 Å². The SMILES string of the molecule is COc1ccc(C(Cl)c2cc(C)cc(C)c2)cc1C. The van der Waals surface area contributed by atoms with Gasteiger partial charge in [-0.25, -0.2) is 0 Å². The maximum absolute atomic E-state index is 6.60. The van der Waals surface area contributed by atoms with Gasteiger partial charge in [-0.05, 0) is 43.5 Å². The van der Waals surface area contributed by atoms with Gasteiger partial charge in [-0.1, -0.05) is 41.5 Å². The van der Waals surface area contributed by atoms with Gasteiger partial charge in [-0.3, -0.25) is 0 Å². The molecule has 0 bridgehead atoms. The molecule has 1 atom stereocenters. The highest BCUT2D eigenvalue weighted by Gasteiger charge is 2.13. The summed E-state index contributed by atoms with van der Waals surface area (Å²) in [5.41, 5.74) is 5.83. The van der Waals surface area contributed by atoms with Gasteiger partial charge in [0, 0.05) is 0 Å². The number of benzene rings is 2. The Hall–Kier alpha value is -1.47. The molecule has 0 saturated heterocycles. The molecule has 0 aliphatic rings. The van der Waals surface area contributed by atoms with Crippen LogP contribution in [0.3, 0.4) is 0 Å². The maximum atomic E-state index is 6.60. The van der Waals surface area contributed by atoms with Crippen molar-refractivity contribution in [1.82, 2.24) is 0 Å². The van der Waals surface area contributed by atoms with Crippen LogP contribution in [0.2, 0.25) is 0 Å². The summed E-state index contributed by atoms with van der Waals surface area (Å²) in [4.78, 5) is 0. The lowest BCUT2D eigenvalue weighted by molar-refractivity contribution is 0.411. The van der Waals surface area contributed by atoms with E-state index in [4.69, 9.17) is 16.3 Å². The van der Waals surface area contributed by atoms with E-state index in [0.717, 1.165) is 22.4 Å². The van der Waals surface area contributed by atoms with E-state index in [1.54, 1.807) is 7.11 Å². The van der Waals surface area contributed by atoms with Gasteiger partial charge in [0.1, 0.15) is 5.75 Å². The molecule has 2 heteroatoms. The third kappa shape index (κ3) is 3.10. The second-order valence-corrected chi connectivity index (χ2v) is 5.45. The fourth-order valence-electron chi connectivity index (χ4n) is 2.41. The molecule has 2 aromatic rings. The largest absolute Gasteiger partial charge is 0.496 e. The molecular formula is C17H19ClO. The minimum atomic E-state index is -0.122. The van der Waals surface area contributed by atoms with Crippen molar-refractivity contribution in [2.24, 2.45) is 0 Å². The topological polar surface area (TPSA) is 9.23 Å². The van der Waals surface area contributed by atoms with Crippen molar-refractivity contribution in [1.29, 1.82) is 0 Å². The van der Waals surface area contributed by atoms with Crippen molar-refractivity contribution in [2.45, 2.75) is 26.1 Å². The molecule has 0 spiro atoms. The fraction of sp³-hybridized carbons (Fsp3) is 0.294. The molecule has 0 aliphatic heterocycles. The first-order valence-electron chi connectivity index (χ1n) is 6.38. The molecule has 1 nitrogen and oxygen atoms in total. The maximum Gasteiger partial charge on any atom is 0.121 e. The molecular weight excluding hydrogens is 256 g/mol. The standard InChI is InChI=1S/C17H19ClO/c1-11-7-12(2)9-15(8-11)17(18)14-5-6-16(19-4)13(3)10-14/h5-10,17H,1-4H3. The van der Waals surface area contributed by atoms with Crippen LogP contribution in [0.25, 0.3) is 0 Å². The highest BCUT2D eigenvalue weighted by atomic mass is 35.5. The van der Waals surface area contributed by atoms with E-state index in [-0.39, 0.29) is 5.38 Å². The Balaban J connectivity index is 2.38. The Labute approximate surface area is 120 Å². The number of alkyl halides is 1. The number of ether oxygens (including phenoxy) is 1. The van der Waals surface area contributed by atoms with E-state index in [1.807, 2.05) is 19.1 Å². The quantitative estimate of drug-likeness (QED) is 0.720. The third-order valence-electron chi connectivity index (χ3n) is 3.25. The van der Waals surface area contributed by atoms with Gasteiger partial charge in [0.05, 0.1) is 12.5 Å². The van der Waals surface area contributed by atoms with Crippen LogP contribution in [-0.4, -0.2) is 7.11 Å². The second-order valence-electron chi connectivity index (χ2n) is 5.01. The summed E-state index contributed by atoms with van der Waals surface area (Å²) in [5, 5.41) is -0.122. The summed E-state index contributed by atoms with van der Waals surface area (Å²) in [6, 6.07) is 12.5. The molecule has 0 heterocycles. The molecule has 0 N–H and O–H groups in total. The van der Waals surface area contributed by atoms with Gasteiger partial charge in [-0.15, -0.1) is 11.6 Å². The summed E-state index contributed by atoms with van der Waals surface area (Å²) in [7, 11) is 1.68. The molecule has 0 radical (unpaired) electrons. The minimum absolute atomic E-state index is 0.122. The zero-order chi connectivity index (χ0) is 14.0. The molecule has 0 fully saturated rings. The van der Waals surface area contributed by atoms with Gasteiger partial charge < -0.3 is 4.74 Å². The Bertz CT molecular complexity index is 570. The Morgan fingerprint density at radius 1 is 0.895 bits per heavy atom. The van der Waals surface area contributed by atoms with Crippen LogP contribution < -0.4 is 4.74 Å². The van der Waals surface area contributed by atoms with Gasteiger partial charge in [-0.2, -0.15) is 0 Å². The molecule has 0 aromatic heterocycles. The van der Waals surface area contributed by atoms with Crippen LogP contribution in [0.1, 0.15) is 33.2 Å². The Morgan fingerprint density at radius 3 is 2.05 bits per heavy atom. The van der Waals surface area contributed by atoms with Crippen molar-refractivity contribution in [2.75, 3.05) is 7.11 Å². The van der Waals surface area contributed by atoms with Crippen LogP contribution in [-0.2, 0) is 0 Å². The van der Waals surface area contributed by atoms with Crippen molar-refractivity contribution in [3.8, 4) is 5.75 Å². The van der Waals surface area contributed by atoms with Crippen LogP contribution in [0.5, 0.6) is 5.75 Å². The summed E-state index contributed by atoms with van der Waals surface area (Å²) < 4.78 is 5.28. The highest BCUT2D eigenvalue weighted by molar-refractivity contribution is 6.22. The Kier molecular flexibility index (Phi) is 4.16.